The fourth-order valence-electron chi connectivity index (χ4n) is 4.69. The van der Waals surface area contributed by atoms with Crippen molar-refractivity contribution in [2.75, 3.05) is 13.7 Å². The number of carbonyl (C=O) groups excluding carboxylic acids is 8. The zero-order valence-corrected chi connectivity index (χ0v) is 34.6. The third-order valence-corrected chi connectivity index (χ3v) is 8.03. The van der Waals surface area contributed by atoms with E-state index in [1.165, 1.54) is 62.5 Å². The number of methoxy groups -OCH3 is 1. The van der Waals surface area contributed by atoms with E-state index in [0.717, 1.165) is 5.56 Å². The maximum atomic E-state index is 13.7. The van der Waals surface area contributed by atoms with Gasteiger partial charge in [0.25, 0.3) is 0 Å². The first kappa shape index (κ1) is 48.6. The quantitative estimate of drug-likeness (QED) is 0.0605. The summed E-state index contributed by atoms with van der Waals surface area (Å²) in [5.41, 5.74) is -4.56. The molecule has 7 N–H and O–H groups in total. The molecule has 1 aromatic carbocycles. The molecular weight excluding hydrogens is 730 g/mol. The topological polar surface area (TPSA) is 248 Å². The molecule has 0 aliphatic heterocycles. The second-order valence-corrected chi connectivity index (χ2v) is 15.9. The monoisotopic (exact) mass is 791 g/mol. The average Bonchev–Trinajstić information content (AvgIpc) is 3.08. The summed E-state index contributed by atoms with van der Waals surface area (Å²) in [6, 6.07) is 5.69. The van der Waals surface area contributed by atoms with Crippen molar-refractivity contribution in [2.45, 2.75) is 142 Å². The predicted molar refractivity (Wildman–Crippen MR) is 206 cm³/mol. The van der Waals surface area contributed by atoms with E-state index in [1.54, 1.807) is 20.8 Å². The molecule has 0 heterocycles. The van der Waals surface area contributed by atoms with Crippen LogP contribution in [-0.2, 0) is 49.6 Å². The molecule has 1 aromatic rings. The molecule has 0 unspecified atom stereocenters. The van der Waals surface area contributed by atoms with Crippen molar-refractivity contribution in [3.63, 3.8) is 0 Å². The first-order valence-electron chi connectivity index (χ1n) is 18.3. The average molecular weight is 792 g/mol. The largest absolute Gasteiger partial charge is 0.467 e. The normalized spacial score (nSPS) is 13.4. The van der Waals surface area contributed by atoms with Gasteiger partial charge in [0.1, 0.15) is 47.0 Å². The number of nitrogens with one attached hydrogen (secondary N) is 7. The standard InChI is InChI=1S/C38H61N7O11/c1-23(27(46)44-38(10,11)32(51)54-12)40-30(49)36(6,7)45-29(48)26(20-16-17-21-39-33(52)55-22-25-18-14-13-15-19-25)42-31(50)37(8,9)43-28(47)24(2)41-34(53)56-35(3,4)5/h13-15,18-19,23-24,26H,16-17,20-22H2,1-12H3,(H,39,52)(H,40,49)(H,41,53)(H,42,50)(H,43,47)(H,44,46)(H,45,48)/t23-,24-,26-/m0/s1. The second kappa shape index (κ2) is 21.0. The number of unbranched alkanes of at least 4 members (excludes halogenated alkanes) is 1. The highest BCUT2D eigenvalue weighted by Gasteiger charge is 2.38. The second-order valence-electron chi connectivity index (χ2n) is 15.9. The first-order valence-corrected chi connectivity index (χ1v) is 18.3. The SMILES string of the molecule is COC(=O)C(C)(C)NC(=O)[C@H](C)NC(=O)C(C)(C)NC(=O)[C@H](CCCCNC(=O)OCc1ccccc1)NC(=O)C(C)(C)NC(=O)[C@H](C)NC(=O)OC(C)(C)C. The van der Waals surface area contributed by atoms with E-state index in [-0.39, 0.29) is 19.6 Å². The van der Waals surface area contributed by atoms with Crippen molar-refractivity contribution < 1.29 is 52.6 Å². The van der Waals surface area contributed by atoms with E-state index in [1.807, 2.05) is 30.3 Å². The van der Waals surface area contributed by atoms with Gasteiger partial charge >= 0.3 is 18.2 Å². The van der Waals surface area contributed by atoms with Crippen LogP contribution in [0.25, 0.3) is 0 Å². The molecule has 7 amide bonds. The number of alkyl carbamates (subject to hydrolysis) is 2. The lowest BCUT2D eigenvalue weighted by Gasteiger charge is -2.32. The highest BCUT2D eigenvalue weighted by molar-refractivity contribution is 5.98. The molecule has 0 saturated carbocycles. The van der Waals surface area contributed by atoms with Gasteiger partial charge in [-0.3, -0.25) is 24.0 Å². The van der Waals surface area contributed by atoms with Gasteiger partial charge in [0.15, 0.2) is 0 Å². The highest BCUT2D eigenvalue weighted by atomic mass is 16.6. The van der Waals surface area contributed by atoms with Crippen LogP contribution in [-0.4, -0.2) is 102 Å². The number of ether oxygens (including phenoxy) is 3. The van der Waals surface area contributed by atoms with Gasteiger partial charge in [0.2, 0.25) is 29.5 Å². The molecule has 18 nitrogen and oxygen atoms in total. The fourth-order valence-corrected chi connectivity index (χ4v) is 4.69. The summed E-state index contributed by atoms with van der Waals surface area (Å²) in [5, 5.41) is 17.9. The summed E-state index contributed by atoms with van der Waals surface area (Å²) < 4.78 is 15.1. The van der Waals surface area contributed by atoms with Crippen LogP contribution >= 0.6 is 0 Å². The molecule has 0 saturated heterocycles. The summed E-state index contributed by atoms with van der Waals surface area (Å²) >= 11 is 0. The maximum absolute atomic E-state index is 13.7. The summed E-state index contributed by atoms with van der Waals surface area (Å²) in [5.74, 6) is -4.32. The summed E-state index contributed by atoms with van der Waals surface area (Å²) in [4.78, 5) is 103. The van der Waals surface area contributed by atoms with Crippen molar-refractivity contribution in [1.82, 2.24) is 37.2 Å². The van der Waals surface area contributed by atoms with E-state index in [2.05, 4.69) is 37.2 Å². The Balaban J connectivity index is 3.03. The molecule has 1 rings (SSSR count). The van der Waals surface area contributed by atoms with Crippen LogP contribution in [0.1, 0.15) is 101 Å². The lowest BCUT2D eigenvalue weighted by atomic mass is 9.99. The highest BCUT2D eigenvalue weighted by Crippen LogP contribution is 2.12. The van der Waals surface area contributed by atoms with Crippen LogP contribution in [0, 0.1) is 0 Å². The molecular formula is C38H61N7O11. The Kier molecular flexibility index (Phi) is 18.3. The number of rotatable bonds is 19. The Morgan fingerprint density at radius 3 is 1.66 bits per heavy atom. The lowest BCUT2D eigenvalue weighted by molar-refractivity contribution is -0.149. The van der Waals surface area contributed by atoms with E-state index < -0.39 is 88.0 Å². The van der Waals surface area contributed by atoms with Crippen LogP contribution in [0.15, 0.2) is 30.3 Å². The van der Waals surface area contributed by atoms with Gasteiger partial charge in [-0.2, -0.15) is 0 Å². The number of hydrogen-bond acceptors (Lipinski definition) is 11. The maximum Gasteiger partial charge on any atom is 0.408 e. The van der Waals surface area contributed by atoms with Crippen molar-refractivity contribution in [3.05, 3.63) is 35.9 Å². The summed E-state index contributed by atoms with van der Waals surface area (Å²) in [6.45, 7) is 16.6. The molecule has 0 aliphatic carbocycles. The Morgan fingerprint density at radius 2 is 1.12 bits per heavy atom. The molecule has 0 fully saturated rings. The minimum Gasteiger partial charge on any atom is -0.467 e. The summed E-state index contributed by atoms with van der Waals surface area (Å²) in [7, 11) is 1.17. The van der Waals surface area contributed by atoms with Crippen molar-refractivity contribution >= 4 is 47.7 Å². The Morgan fingerprint density at radius 1 is 0.625 bits per heavy atom. The minimum absolute atomic E-state index is 0.0536. The van der Waals surface area contributed by atoms with Crippen LogP contribution in [0.2, 0.25) is 0 Å². The molecule has 0 radical (unpaired) electrons. The first-order chi connectivity index (χ1) is 25.7. The number of amides is 7. The summed E-state index contributed by atoms with van der Waals surface area (Å²) in [6.07, 6.45) is -0.704. The van der Waals surface area contributed by atoms with E-state index in [0.29, 0.717) is 12.8 Å². The van der Waals surface area contributed by atoms with Gasteiger partial charge in [0.05, 0.1) is 7.11 Å². The third kappa shape index (κ3) is 17.4. The molecule has 0 bridgehead atoms. The van der Waals surface area contributed by atoms with Gasteiger partial charge < -0.3 is 51.4 Å². The number of esters is 1. The Hall–Kier alpha value is -5.42. The van der Waals surface area contributed by atoms with Gasteiger partial charge in [-0.25, -0.2) is 14.4 Å². The molecule has 0 aliphatic rings. The predicted octanol–water partition coefficient (Wildman–Crippen LogP) is 1.84. The van der Waals surface area contributed by atoms with Crippen LogP contribution < -0.4 is 37.2 Å². The Labute approximate surface area is 329 Å². The number of benzene rings is 1. The van der Waals surface area contributed by atoms with E-state index in [4.69, 9.17) is 14.2 Å². The molecule has 0 spiro atoms. The lowest BCUT2D eigenvalue weighted by Crippen LogP contribution is -2.64. The number of hydrogen-bond donors (Lipinski definition) is 7. The van der Waals surface area contributed by atoms with Gasteiger partial charge in [-0.1, -0.05) is 30.3 Å². The molecule has 314 valence electrons. The van der Waals surface area contributed by atoms with Gasteiger partial charge in [0, 0.05) is 6.54 Å². The Bertz CT molecular complexity index is 1560. The van der Waals surface area contributed by atoms with E-state index in [9.17, 15) is 38.4 Å². The zero-order valence-electron chi connectivity index (χ0n) is 34.6. The fraction of sp³-hybridized carbons (Fsp3) is 0.632. The third-order valence-electron chi connectivity index (χ3n) is 8.03. The van der Waals surface area contributed by atoms with Crippen LogP contribution in [0.4, 0.5) is 9.59 Å². The van der Waals surface area contributed by atoms with Gasteiger partial charge in [-0.15, -0.1) is 0 Å². The van der Waals surface area contributed by atoms with Crippen molar-refractivity contribution in [1.29, 1.82) is 0 Å². The molecule has 18 heteroatoms. The molecule has 3 atom stereocenters. The molecule has 56 heavy (non-hydrogen) atoms. The van der Waals surface area contributed by atoms with Crippen molar-refractivity contribution in [2.24, 2.45) is 0 Å². The smallest absolute Gasteiger partial charge is 0.408 e. The van der Waals surface area contributed by atoms with Crippen molar-refractivity contribution in [3.8, 4) is 0 Å². The minimum atomic E-state index is -1.61. The zero-order chi connectivity index (χ0) is 43.1. The number of carbonyl (C=O) groups is 8. The van der Waals surface area contributed by atoms with Crippen LogP contribution in [0.3, 0.4) is 0 Å². The van der Waals surface area contributed by atoms with Crippen LogP contribution in [0.5, 0.6) is 0 Å². The van der Waals surface area contributed by atoms with E-state index >= 15 is 0 Å². The molecule has 0 aromatic heterocycles. The van der Waals surface area contributed by atoms with Gasteiger partial charge in [-0.05, 0) is 101 Å².